The summed E-state index contributed by atoms with van der Waals surface area (Å²) >= 11 is 0. The van der Waals surface area contributed by atoms with Gasteiger partial charge in [0, 0.05) is 81.0 Å². The number of benzene rings is 1. The van der Waals surface area contributed by atoms with Gasteiger partial charge in [-0.15, -0.1) is 0 Å². The molecule has 0 amide bonds. The predicted octanol–water partition coefficient (Wildman–Crippen LogP) is 3.99. The molecule has 5 heterocycles. The van der Waals surface area contributed by atoms with Crippen LogP contribution in [-0.2, 0) is 7.05 Å². The van der Waals surface area contributed by atoms with E-state index in [0.29, 0.717) is 48.7 Å². The van der Waals surface area contributed by atoms with Gasteiger partial charge in [0.15, 0.2) is 5.82 Å². The van der Waals surface area contributed by atoms with E-state index >= 15 is 0 Å². The van der Waals surface area contributed by atoms with Gasteiger partial charge in [-0.05, 0) is 24.7 Å². The SMILES string of the molecule is CCN1CCN(c2ccc(-c3cnc4cc3OCCCOc3c(cnn3C)-c3nccc(n3)N4)c(OC)c2)CC1. The van der Waals surface area contributed by atoms with Gasteiger partial charge in [-0.3, -0.25) is 0 Å². The lowest BCUT2D eigenvalue weighted by molar-refractivity contribution is 0.236. The summed E-state index contributed by atoms with van der Waals surface area (Å²) in [6.07, 6.45) is 5.91. The highest BCUT2D eigenvalue weighted by atomic mass is 16.5. The van der Waals surface area contributed by atoms with Crippen molar-refractivity contribution in [2.75, 3.05) is 63.3 Å². The third kappa shape index (κ3) is 5.24. The van der Waals surface area contributed by atoms with Crippen molar-refractivity contribution in [1.82, 2.24) is 29.6 Å². The molecule has 1 saturated heterocycles. The van der Waals surface area contributed by atoms with Crippen LogP contribution in [0.5, 0.6) is 17.4 Å². The number of piperazine rings is 1. The molecule has 0 unspecified atom stereocenters. The van der Waals surface area contributed by atoms with E-state index < -0.39 is 0 Å². The van der Waals surface area contributed by atoms with Crippen LogP contribution in [0.4, 0.5) is 17.3 Å². The van der Waals surface area contributed by atoms with Crippen LogP contribution in [-0.4, -0.2) is 82.7 Å². The Kier molecular flexibility index (Phi) is 7.37. The average molecular weight is 543 g/mol. The second kappa shape index (κ2) is 11.4. The molecule has 0 atom stereocenters. The fraction of sp³-hybridized carbons (Fsp3) is 0.379. The van der Waals surface area contributed by atoms with Gasteiger partial charge in [0.1, 0.15) is 28.7 Å². The van der Waals surface area contributed by atoms with Gasteiger partial charge in [0.2, 0.25) is 5.88 Å². The molecular formula is C29H34N8O3. The minimum Gasteiger partial charge on any atom is -0.496 e. The molecule has 2 aliphatic rings. The fourth-order valence-electron chi connectivity index (χ4n) is 5.10. The first-order valence-corrected chi connectivity index (χ1v) is 13.7. The zero-order valence-electron chi connectivity index (χ0n) is 23.1. The lowest BCUT2D eigenvalue weighted by Crippen LogP contribution is -2.46. The monoisotopic (exact) mass is 542 g/mol. The molecule has 0 spiro atoms. The maximum atomic E-state index is 6.32. The van der Waals surface area contributed by atoms with Gasteiger partial charge in [0.25, 0.3) is 0 Å². The number of pyridine rings is 1. The zero-order chi connectivity index (χ0) is 27.5. The van der Waals surface area contributed by atoms with Gasteiger partial charge < -0.3 is 29.3 Å². The maximum Gasteiger partial charge on any atom is 0.222 e. The Hall–Kier alpha value is -4.38. The summed E-state index contributed by atoms with van der Waals surface area (Å²) in [6, 6.07) is 10.1. The molecule has 40 heavy (non-hydrogen) atoms. The van der Waals surface area contributed by atoms with Crippen LogP contribution < -0.4 is 24.4 Å². The summed E-state index contributed by atoms with van der Waals surface area (Å²) in [6.45, 7) is 8.36. The summed E-state index contributed by atoms with van der Waals surface area (Å²) in [5, 5.41) is 7.63. The van der Waals surface area contributed by atoms with Crippen molar-refractivity contribution in [1.29, 1.82) is 0 Å². The molecule has 4 bridgehead atoms. The van der Waals surface area contributed by atoms with Crippen LogP contribution in [0.15, 0.2) is 48.9 Å². The Morgan fingerprint density at radius 2 is 1.77 bits per heavy atom. The molecule has 11 heteroatoms. The topological polar surface area (TPSA) is 103 Å². The third-order valence-corrected chi connectivity index (χ3v) is 7.35. The minimum atomic E-state index is 0.459. The minimum absolute atomic E-state index is 0.459. The first kappa shape index (κ1) is 25.9. The number of ether oxygens (including phenoxy) is 3. The molecule has 1 aromatic carbocycles. The smallest absolute Gasteiger partial charge is 0.222 e. The van der Waals surface area contributed by atoms with Crippen LogP contribution in [0, 0.1) is 0 Å². The Morgan fingerprint density at radius 1 is 0.925 bits per heavy atom. The fourth-order valence-corrected chi connectivity index (χ4v) is 5.10. The summed E-state index contributed by atoms with van der Waals surface area (Å²) in [5.74, 6) is 3.85. The van der Waals surface area contributed by atoms with Crippen LogP contribution in [0.25, 0.3) is 22.5 Å². The van der Waals surface area contributed by atoms with E-state index in [2.05, 4.69) is 55.3 Å². The van der Waals surface area contributed by atoms with E-state index in [1.807, 2.05) is 19.3 Å². The Balaban J connectivity index is 1.31. The van der Waals surface area contributed by atoms with Gasteiger partial charge in [0.05, 0.1) is 26.5 Å². The van der Waals surface area contributed by atoms with Crippen molar-refractivity contribution >= 4 is 17.3 Å². The number of hydrogen-bond acceptors (Lipinski definition) is 10. The summed E-state index contributed by atoms with van der Waals surface area (Å²) in [5.41, 5.74) is 3.67. The maximum absolute atomic E-state index is 6.32. The molecule has 0 saturated carbocycles. The number of aryl methyl sites for hydroxylation is 1. The number of fused-ring (bicyclic) bond motifs is 6. The Labute approximate surface area is 233 Å². The van der Waals surface area contributed by atoms with Crippen molar-refractivity contribution in [2.24, 2.45) is 7.05 Å². The van der Waals surface area contributed by atoms with Crippen molar-refractivity contribution in [3.05, 3.63) is 48.9 Å². The number of likely N-dealkylation sites (N-methyl/N-ethyl adjacent to an activating group) is 1. The summed E-state index contributed by atoms with van der Waals surface area (Å²) in [7, 11) is 3.54. The van der Waals surface area contributed by atoms with E-state index in [0.717, 1.165) is 60.9 Å². The van der Waals surface area contributed by atoms with Crippen LogP contribution >= 0.6 is 0 Å². The lowest BCUT2D eigenvalue weighted by Gasteiger charge is -2.35. The molecule has 1 fully saturated rings. The van der Waals surface area contributed by atoms with Crippen molar-refractivity contribution < 1.29 is 14.2 Å². The van der Waals surface area contributed by atoms with Gasteiger partial charge in [-0.2, -0.15) is 5.10 Å². The largest absolute Gasteiger partial charge is 0.496 e. The van der Waals surface area contributed by atoms with Gasteiger partial charge in [-0.25, -0.2) is 19.6 Å². The van der Waals surface area contributed by atoms with E-state index in [1.165, 1.54) is 0 Å². The van der Waals surface area contributed by atoms with Crippen molar-refractivity contribution in [2.45, 2.75) is 13.3 Å². The number of aromatic nitrogens is 5. The van der Waals surface area contributed by atoms with E-state index in [-0.39, 0.29) is 0 Å². The number of rotatable bonds is 4. The average Bonchev–Trinajstić information content (AvgIpc) is 3.36. The first-order chi connectivity index (χ1) is 19.6. The number of methoxy groups -OCH3 is 1. The van der Waals surface area contributed by atoms with Gasteiger partial charge >= 0.3 is 0 Å². The number of anilines is 3. The van der Waals surface area contributed by atoms with E-state index in [1.54, 1.807) is 30.3 Å². The number of nitrogens with one attached hydrogen (secondary N) is 1. The molecule has 0 radical (unpaired) electrons. The third-order valence-electron chi connectivity index (χ3n) is 7.35. The molecular weight excluding hydrogens is 508 g/mol. The standard InChI is InChI=1S/C29H34N8O3/c1-4-36-10-12-37(13-11-36)20-6-7-21(24(16-20)38-3)22-18-31-27-17-25(22)39-14-5-15-40-29-23(19-32-35(29)2)28-30-9-8-26(33-27)34-28/h6-9,16-19H,4-5,10-15H2,1-3H3,(H,30,31,33,34). The lowest BCUT2D eigenvalue weighted by atomic mass is 10.0. The molecule has 11 nitrogen and oxygen atoms in total. The molecule has 2 aliphatic heterocycles. The van der Waals surface area contributed by atoms with Crippen LogP contribution in [0.1, 0.15) is 13.3 Å². The van der Waals surface area contributed by atoms with Crippen LogP contribution in [0.2, 0.25) is 0 Å². The second-order valence-corrected chi connectivity index (χ2v) is 9.80. The molecule has 6 rings (SSSR count). The van der Waals surface area contributed by atoms with Crippen LogP contribution in [0.3, 0.4) is 0 Å². The second-order valence-electron chi connectivity index (χ2n) is 9.80. The highest BCUT2D eigenvalue weighted by Gasteiger charge is 2.20. The highest BCUT2D eigenvalue weighted by molar-refractivity contribution is 5.79. The Morgan fingerprint density at radius 3 is 2.60 bits per heavy atom. The summed E-state index contributed by atoms with van der Waals surface area (Å²) < 4.78 is 19.9. The summed E-state index contributed by atoms with van der Waals surface area (Å²) in [4.78, 5) is 18.7. The van der Waals surface area contributed by atoms with Gasteiger partial charge in [-0.1, -0.05) is 6.92 Å². The van der Waals surface area contributed by atoms with E-state index in [4.69, 9.17) is 19.2 Å². The number of nitrogens with zero attached hydrogens (tertiary/aromatic N) is 7. The van der Waals surface area contributed by atoms with Crippen molar-refractivity contribution in [3.63, 3.8) is 0 Å². The normalized spacial score (nSPS) is 15.7. The predicted molar refractivity (Wildman–Crippen MR) is 154 cm³/mol. The highest BCUT2D eigenvalue weighted by Crippen LogP contribution is 2.40. The quantitative estimate of drug-likeness (QED) is 0.407. The number of hydrogen-bond donors (Lipinski definition) is 1. The molecule has 4 aromatic rings. The Bertz CT molecular complexity index is 1480. The molecule has 1 N–H and O–H groups in total. The molecule has 3 aromatic heterocycles. The first-order valence-electron chi connectivity index (χ1n) is 13.7. The van der Waals surface area contributed by atoms with Crippen molar-refractivity contribution in [3.8, 4) is 39.9 Å². The zero-order valence-corrected chi connectivity index (χ0v) is 23.1. The molecule has 0 aliphatic carbocycles. The van der Waals surface area contributed by atoms with E-state index in [9.17, 15) is 0 Å². The molecule has 208 valence electrons.